The first kappa shape index (κ1) is 18.7. The molecule has 0 aromatic heterocycles. The average molecular weight is 325 g/mol. The van der Waals surface area contributed by atoms with Crippen LogP contribution in [0, 0.1) is 11.8 Å². The predicted octanol–water partition coefficient (Wildman–Crippen LogP) is 1.58. The van der Waals surface area contributed by atoms with E-state index in [-0.39, 0.29) is 0 Å². The summed E-state index contributed by atoms with van der Waals surface area (Å²) in [6.45, 7) is 11.2. The Hall–Kier alpha value is -0.650. The largest absolute Gasteiger partial charge is 0.383 e. The minimum absolute atomic E-state index is 0.362. The number of ether oxygens (including phenoxy) is 1. The number of piperidine rings is 1. The molecule has 2 atom stereocenters. The van der Waals surface area contributed by atoms with Crippen molar-refractivity contribution in [3.05, 3.63) is 0 Å². The van der Waals surface area contributed by atoms with Crippen LogP contribution < -0.4 is 5.32 Å². The Morgan fingerprint density at radius 3 is 2.70 bits per heavy atom. The summed E-state index contributed by atoms with van der Waals surface area (Å²) < 4.78 is 5.20. The van der Waals surface area contributed by atoms with Crippen molar-refractivity contribution in [1.82, 2.24) is 15.1 Å². The zero-order valence-corrected chi connectivity index (χ0v) is 15.2. The van der Waals surface area contributed by atoms with E-state index < -0.39 is 0 Å². The fourth-order valence-electron chi connectivity index (χ4n) is 3.99. The Kier molecular flexibility index (Phi) is 7.80. The Labute approximate surface area is 141 Å². The van der Waals surface area contributed by atoms with Gasteiger partial charge >= 0.3 is 0 Å². The van der Waals surface area contributed by atoms with Gasteiger partial charge in [0.2, 0.25) is 5.91 Å². The number of amides is 1. The maximum Gasteiger partial charge on any atom is 0.222 e. The van der Waals surface area contributed by atoms with E-state index in [1.54, 1.807) is 7.11 Å². The second-order valence-electron chi connectivity index (χ2n) is 7.20. The highest BCUT2D eigenvalue weighted by atomic mass is 16.5. The number of carbonyl (C=O) groups is 1. The standard InChI is InChI=1S/C18H35N3O2/c1-4-17-14-21(10-9-20(17)11-12-23-3)18(22)13-15(2)16-5-7-19-8-6-16/h15-17,19H,4-14H2,1-3H3. The van der Waals surface area contributed by atoms with Crippen LogP contribution in [0.3, 0.4) is 0 Å². The van der Waals surface area contributed by atoms with Crippen molar-refractivity contribution in [2.24, 2.45) is 11.8 Å². The van der Waals surface area contributed by atoms with Crippen LogP contribution in [0.5, 0.6) is 0 Å². The third-order valence-corrected chi connectivity index (χ3v) is 5.70. The summed E-state index contributed by atoms with van der Waals surface area (Å²) in [7, 11) is 1.75. The van der Waals surface area contributed by atoms with E-state index in [0.717, 1.165) is 58.7 Å². The van der Waals surface area contributed by atoms with Crippen LogP contribution in [0.1, 0.15) is 39.5 Å². The second kappa shape index (κ2) is 9.60. The summed E-state index contributed by atoms with van der Waals surface area (Å²) in [5, 5.41) is 3.41. The lowest BCUT2D eigenvalue weighted by atomic mass is 9.84. The van der Waals surface area contributed by atoms with Crippen LogP contribution in [-0.2, 0) is 9.53 Å². The second-order valence-corrected chi connectivity index (χ2v) is 7.20. The van der Waals surface area contributed by atoms with Gasteiger partial charge in [0, 0.05) is 45.8 Å². The van der Waals surface area contributed by atoms with Gasteiger partial charge in [0.05, 0.1) is 6.61 Å². The van der Waals surface area contributed by atoms with Gasteiger partial charge in [0.15, 0.2) is 0 Å². The number of nitrogens with zero attached hydrogens (tertiary/aromatic N) is 2. The van der Waals surface area contributed by atoms with E-state index in [1.165, 1.54) is 12.8 Å². The highest BCUT2D eigenvalue weighted by Crippen LogP contribution is 2.25. The van der Waals surface area contributed by atoms with E-state index in [1.807, 2.05) is 0 Å². The van der Waals surface area contributed by atoms with Crippen LogP contribution in [0.2, 0.25) is 0 Å². The Morgan fingerprint density at radius 2 is 2.04 bits per heavy atom. The molecule has 0 aromatic rings. The third kappa shape index (κ3) is 5.44. The number of rotatable bonds is 7. The monoisotopic (exact) mass is 325 g/mol. The average Bonchev–Trinajstić information content (AvgIpc) is 2.60. The topological polar surface area (TPSA) is 44.8 Å². The molecular weight excluding hydrogens is 290 g/mol. The van der Waals surface area contributed by atoms with Gasteiger partial charge in [-0.2, -0.15) is 0 Å². The summed E-state index contributed by atoms with van der Waals surface area (Å²) in [6, 6.07) is 0.483. The lowest BCUT2D eigenvalue weighted by molar-refractivity contribution is -0.135. The number of methoxy groups -OCH3 is 1. The van der Waals surface area contributed by atoms with Crippen molar-refractivity contribution >= 4 is 5.91 Å². The quantitative estimate of drug-likeness (QED) is 0.772. The first-order chi connectivity index (χ1) is 11.2. The van der Waals surface area contributed by atoms with Crippen molar-refractivity contribution < 1.29 is 9.53 Å². The third-order valence-electron chi connectivity index (χ3n) is 5.70. The molecule has 2 rings (SSSR count). The molecule has 0 spiro atoms. The summed E-state index contributed by atoms with van der Waals surface area (Å²) in [4.78, 5) is 17.3. The van der Waals surface area contributed by atoms with Crippen LogP contribution in [0.25, 0.3) is 0 Å². The van der Waals surface area contributed by atoms with Crippen molar-refractivity contribution in [1.29, 1.82) is 0 Å². The lowest BCUT2D eigenvalue weighted by Gasteiger charge is -2.41. The Balaban J connectivity index is 1.80. The van der Waals surface area contributed by atoms with Crippen molar-refractivity contribution in [2.75, 3.05) is 53.0 Å². The zero-order chi connectivity index (χ0) is 16.7. The SMILES string of the molecule is CCC1CN(C(=O)CC(C)C2CCNCC2)CCN1CCOC. The molecule has 134 valence electrons. The molecule has 2 fully saturated rings. The lowest BCUT2D eigenvalue weighted by Crippen LogP contribution is -2.55. The number of piperazine rings is 1. The van der Waals surface area contributed by atoms with Crippen molar-refractivity contribution in [3.8, 4) is 0 Å². The van der Waals surface area contributed by atoms with Crippen LogP contribution in [0.15, 0.2) is 0 Å². The Bertz CT molecular complexity index is 358. The van der Waals surface area contributed by atoms with E-state index in [9.17, 15) is 4.79 Å². The molecule has 2 saturated heterocycles. The molecular formula is C18H35N3O2. The molecule has 2 aliphatic rings. The van der Waals surface area contributed by atoms with Gasteiger partial charge in [-0.25, -0.2) is 0 Å². The number of carbonyl (C=O) groups excluding carboxylic acids is 1. The number of hydrogen-bond donors (Lipinski definition) is 1. The first-order valence-corrected chi connectivity index (χ1v) is 9.37. The summed E-state index contributed by atoms with van der Waals surface area (Å²) in [6.07, 6.45) is 4.25. The van der Waals surface area contributed by atoms with Gasteiger partial charge in [0.25, 0.3) is 0 Å². The van der Waals surface area contributed by atoms with Gasteiger partial charge < -0.3 is 15.0 Å². The molecule has 0 aliphatic carbocycles. The fraction of sp³-hybridized carbons (Fsp3) is 0.944. The van der Waals surface area contributed by atoms with Gasteiger partial charge in [-0.3, -0.25) is 9.69 Å². The van der Waals surface area contributed by atoms with E-state index in [0.29, 0.717) is 23.8 Å². The maximum atomic E-state index is 12.7. The molecule has 1 N–H and O–H groups in total. The summed E-state index contributed by atoms with van der Waals surface area (Å²) in [5.41, 5.74) is 0. The number of nitrogens with one attached hydrogen (secondary N) is 1. The van der Waals surface area contributed by atoms with E-state index >= 15 is 0 Å². The normalized spacial score (nSPS) is 25.5. The van der Waals surface area contributed by atoms with E-state index in [4.69, 9.17) is 4.74 Å². The fourth-order valence-corrected chi connectivity index (χ4v) is 3.99. The van der Waals surface area contributed by atoms with Gasteiger partial charge in [0.1, 0.15) is 0 Å². The van der Waals surface area contributed by atoms with Gasteiger partial charge in [-0.15, -0.1) is 0 Å². The van der Waals surface area contributed by atoms with Crippen LogP contribution >= 0.6 is 0 Å². The predicted molar refractivity (Wildman–Crippen MR) is 93.5 cm³/mol. The van der Waals surface area contributed by atoms with Gasteiger partial charge in [-0.1, -0.05) is 13.8 Å². The highest BCUT2D eigenvalue weighted by molar-refractivity contribution is 5.76. The molecule has 0 saturated carbocycles. The van der Waals surface area contributed by atoms with Gasteiger partial charge in [-0.05, 0) is 44.2 Å². The van der Waals surface area contributed by atoms with Crippen molar-refractivity contribution in [3.63, 3.8) is 0 Å². The minimum Gasteiger partial charge on any atom is -0.383 e. The highest BCUT2D eigenvalue weighted by Gasteiger charge is 2.30. The molecule has 1 amide bonds. The Morgan fingerprint density at radius 1 is 1.30 bits per heavy atom. The van der Waals surface area contributed by atoms with E-state index in [2.05, 4.69) is 29.0 Å². The molecule has 2 unspecified atom stereocenters. The molecule has 0 bridgehead atoms. The number of hydrogen-bond acceptors (Lipinski definition) is 4. The van der Waals surface area contributed by atoms with Crippen LogP contribution in [0.4, 0.5) is 0 Å². The maximum absolute atomic E-state index is 12.7. The molecule has 5 heteroatoms. The molecule has 2 heterocycles. The molecule has 0 aromatic carbocycles. The molecule has 23 heavy (non-hydrogen) atoms. The summed E-state index contributed by atoms with van der Waals surface area (Å²) in [5.74, 6) is 1.59. The smallest absolute Gasteiger partial charge is 0.222 e. The van der Waals surface area contributed by atoms with Crippen molar-refractivity contribution in [2.45, 2.75) is 45.6 Å². The zero-order valence-electron chi connectivity index (χ0n) is 15.2. The minimum atomic E-state index is 0.362. The molecule has 2 aliphatic heterocycles. The van der Waals surface area contributed by atoms with Crippen LogP contribution in [-0.4, -0.2) is 74.7 Å². The summed E-state index contributed by atoms with van der Waals surface area (Å²) >= 11 is 0. The first-order valence-electron chi connectivity index (χ1n) is 9.37. The molecule has 5 nitrogen and oxygen atoms in total. The molecule has 0 radical (unpaired) electrons.